The van der Waals surface area contributed by atoms with Gasteiger partial charge >= 0.3 is 0 Å². The van der Waals surface area contributed by atoms with E-state index in [4.69, 9.17) is 34.1 Å². The average Bonchev–Trinajstić information content (AvgIpc) is 2.72. The number of sulfonamides is 1. The van der Waals surface area contributed by atoms with E-state index in [2.05, 4.69) is 6.07 Å². The van der Waals surface area contributed by atoms with Crippen molar-refractivity contribution in [3.05, 3.63) is 80.7 Å². The van der Waals surface area contributed by atoms with Crippen molar-refractivity contribution < 1.29 is 13.2 Å². The fraction of sp³-hybridized carbons (Fsp3) is 0.250. The molecule has 4 rings (SSSR count). The number of rotatable bonds is 3. The number of nitriles is 1. The number of benzene rings is 2. The van der Waals surface area contributed by atoms with Crippen LogP contribution in [0, 0.1) is 16.7 Å². The highest BCUT2D eigenvalue weighted by Crippen LogP contribution is 2.51. The molecule has 0 radical (unpaired) electrons. The lowest BCUT2D eigenvalue weighted by Gasteiger charge is -2.44. The van der Waals surface area contributed by atoms with Crippen molar-refractivity contribution >= 4 is 44.7 Å². The summed E-state index contributed by atoms with van der Waals surface area (Å²) in [5.74, 6) is -0.709. The Morgan fingerprint density at radius 2 is 1.76 bits per heavy atom. The Kier molecular flexibility index (Phi) is 6.03. The van der Waals surface area contributed by atoms with Crippen LogP contribution < -0.4 is 15.8 Å². The normalized spacial score (nSPS) is 20.3. The molecular weight excluding hydrogens is 495 g/mol. The highest BCUT2D eigenvalue weighted by atomic mass is 35.5. The predicted molar refractivity (Wildman–Crippen MR) is 131 cm³/mol. The minimum absolute atomic E-state index is 0.0672. The Hall–Kier alpha value is -2.83. The second-order valence-electron chi connectivity index (χ2n) is 9.19. The Balaban J connectivity index is 1.99. The molecule has 1 heterocycles. The van der Waals surface area contributed by atoms with Gasteiger partial charge in [0, 0.05) is 22.7 Å². The molecule has 0 amide bonds. The SMILES string of the molecule is CC1(C)CC(=O)C2=C(C1)N(c1ccc(Cl)cc1Cl)C(N)=C(C#N)C2c1ccc(S(N)(=O)=O)cc1. The van der Waals surface area contributed by atoms with E-state index in [0.29, 0.717) is 45.4 Å². The zero-order valence-electron chi connectivity index (χ0n) is 18.5. The summed E-state index contributed by atoms with van der Waals surface area (Å²) in [6.07, 6.45) is 0.802. The monoisotopic (exact) mass is 516 g/mol. The molecule has 1 aliphatic carbocycles. The molecule has 1 atom stereocenters. The molecule has 0 spiro atoms. The van der Waals surface area contributed by atoms with Gasteiger partial charge < -0.3 is 5.73 Å². The quantitative estimate of drug-likeness (QED) is 0.613. The molecule has 0 saturated carbocycles. The molecule has 0 aromatic heterocycles. The first-order chi connectivity index (χ1) is 15.8. The van der Waals surface area contributed by atoms with E-state index in [1.54, 1.807) is 35.2 Å². The van der Waals surface area contributed by atoms with E-state index < -0.39 is 15.9 Å². The lowest BCUT2D eigenvalue weighted by Crippen LogP contribution is -2.42. The Labute approximate surface area is 208 Å². The summed E-state index contributed by atoms with van der Waals surface area (Å²) in [4.78, 5) is 15.1. The first-order valence-corrected chi connectivity index (χ1v) is 12.7. The summed E-state index contributed by atoms with van der Waals surface area (Å²) >= 11 is 12.6. The van der Waals surface area contributed by atoms with Crippen LogP contribution in [0.5, 0.6) is 0 Å². The Morgan fingerprint density at radius 1 is 1.12 bits per heavy atom. The molecule has 0 fully saturated rings. The largest absolute Gasteiger partial charge is 0.384 e. The van der Waals surface area contributed by atoms with Gasteiger partial charge in [-0.15, -0.1) is 0 Å². The smallest absolute Gasteiger partial charge is 0.238 e. The fourth-order valence-electron chi connectivity index (χ4n) is 4.63. The number of hydrogen-bond acceptors (Lipinski definition) is 6. The van der Waals surface area contributed by atoms with Crippen molar-refractivity contribution in [1.29, 1.82) is 5.26 Å². The second-order valence-corrected chi connectivity index (χ2v) is 11.6. The number of nitrogens with zero attached hydrogens (tertiary/aromatic N) is 2. The van der Waals surface area contributed by atoms with Crippen LogP contribution in [0.4, 0.5) is 5.69 Å². The standard InChI is InChI=1S/C24H22Cl2N4O3S/c1-24(2)10-19-22(20(31)11-24)21(13-3-6-15(7-4-13)34(29,32)33)16(12-27)23(28)30(19)18-8-5-14(25)9-17(18)26/h3-9,21H,10-11,28H2,1-2H3,(H2,29,32,33). The van der Waals surface area contributed by atoms with Gasteiger partial charge in [0.1, 0.15) is 5.82 Å². The lowest BCUT2D eigenvalue weighted by molar-refractivity contribution is -0.118. The van der Waals surface area contributed by atoms with Gasteiger partial charge in [-0.2, -0.15) is 5.26 Å². The van der Waals surface area contributed by atoms with Gasteiger partial charge in [-0.05, 0) is 47.7 Å². The summed E-state index contributed by atoms with van der Waals surface area (Å²) in [5.41, 5.74) is 8.57. The van der Waals surface area contributed by atoms with Gasteiger partial charge in [-0.25, -0.2) is 13.6 Å². The van der Waals surface area contributed by atoms with Gasteiger partial charge in [0.25, 0.3) is 0 Å². The number of allylic oxidation sites excluding steroid dienone is 3. The summed E-state index contributed by atoms with van der Waals surface area (Å²) in [6.45, 7) is 3.98. The van der Waals surface area contributed by atoms with Crippen LogP contribution in [0.2, 0.25) is 10.0 Å². The van der Waals surface area contributed by atoms with Crippen molar-refractivity contribution in [3.63, 3.8) is 0 Å². The maximum absolute atomic E-state index is 13.5. The highest BCUT2D eigenvalue weighted by molar-refractivity contribution is 7.89. The minimum Gasteiger partial charge on any atom is -0.384 e. The summed E-state index contributed by atoms with van der Waals surface area (Å²) in [5, 5.41) is 16.1. The second kappa shape index (κ2) is 8.43. The molecule has 2 aliphatic rings. The number of anilines is 1. The zero-order chi connectivity index (χ0) is 25.0. The molecule has 0 saturated heterocycles. The lowest BCUT2D eigenvalue weighted by atomic mass is 9.68. The predicted octanol–water partition coefficient (Wildman–Crippen LogP) is 4.58. The van der Waals surface area contributed by atoms with Crippen LogP contribution in [0.3, 0.4) is 0 Å². The van der Waals surface area contributed by atoms with Crippen molar-refractivity contribution in [1.82, 2.24) is 0 Å². The van der Waals surface area contributed by atoms with E-state index in [0.717, 1.165) is 0 Å². The topological polar surface area (TPSA) is 130 Å². The number of nitrogens with two attached hydrogens (primary N) is 2. The highest BCUT2D eigenvalue weighted by Gasteiger charge is 2.45. The van der Waals surface area contributed by atoms with Gasteiger partial charge in [-0.1, -0.05) is 49.2 Å². The number of hydrogen-bond donors (Lipinski definition) is 2. The number of ketones is 1. The van der Waals surface area contributed by atoms with Crippen molar-refractivity contribution in [2.75, 3.05) is 4.90 Å². The Morgan fingerprint density at radius 3 is 2.32 bits per heavy atom. The molecule has 4 N–H and O–H groups in total. The van der Waals surface area contributed by atoms with Crippen molar-refractivity contribution in [2.45, 2.75) is 37.5 Å². The molecule has 34 heavy (non-hydrogen) atoms. The molecule has 7 nitrogen and oxygen atoms in total. The minimum atomic E-state index is -3.90. The third kappa shape index (κ3) is 4.21. The molecule has 1 unspecified atom stereocenters. The fourth-order valence-corrected chi connectivity index (χ4v) is 5.64. The van der Waals surface area contributed by atoms with Crippen molar-refractivity contribution in [2.24, 2.45) is 16.3 Å². The first-order valence-electron chi connectivity index (χ1n) is 10.4. The number of Topliss-reactive ketones (excluding diaryl/α,β-unsaturated/α-hetero) is 1. The Bertz CT molecular complexity index is 1420. The van der Waals surface area contributed by atoms with Crippen LogP contribution in [-0.4, -0.2) is 14.2 Å². The van der Waals surface area contributed by atoms with Crippen LogP contribution in [0.15, 0.2) is 70.0 Å². The van der Waals surface area contributed by atoms with Gasteiger partial charge in [0.15, 0.2) is 5.78 Å². The van der Waals surface area contributed by atoms with E-state index in [9.17, 15) is 18.5 Å². The van der Waals surface area contributed by atoms with E-state index >= 15 is 0 Å². The third-order valence-corrected chi connectivity index (χ3v) is 7.54. The summed E-state index contributed by atoms with van der Waals surface area (Å²) in [7, 11) is -3.90. The zero-order valence-corrected chi connectivity index (χ0v) is 20.8. The van der Waals surface area contributed by atoms with Crippen LogP contribution >= 0.6 is 23.2 Å². The maximum Gasteiger partial charge on any atom is 0.238 e. The summed E-state index contributed by atoms with van der Waals surface area (Å²) in [6, 6.07) is 12.9. The molecular formula is C24H22Cl2N4O3S. The number of halogens is 2. The maximum atomic E-state index is 13.5. The van der Waals surface area contributed by atoms with Crippen LogP contribution in [-0.2, 0) is 14.8 Å². The van der Waals surface area contributed by atoms with Gasteiger partial charge in [-0.3, -0.25) is 9.69 Å². The van der Waals surface area contributed by atoms with Gasteiger partial charge in [0.2, 0.25) is 10.0 Å². The molecule has 2 aromatic rings. The van der Waals surface area contributed by atoms with Gasteiger partial charge in [0.05, 0.1) is 33.2 Å². The third-order valence-electron chi connectivity index (χ3n) is 6.07. The van der Waals surface area contributed by atoms with E-state index in [-0.39, 0.29) is 27.5 Å². The molecule has 10 heteroatoms. The first kappa shape index (κ1) is 24.3. The molecule has 1 aliphatic heterocycles. The van der Waals surface area contributed by atoms with E-state index in [1.165, 1.54) is 12.1 Å². The van der Waals surface area contributed by atoms with Crippen molar-refractivity contribution in [3.8, 4) is 6.07 Å². The van der Waals surface area contributed by atoms with Crippen LogP contribution in [0.1, 0.15) is 38.2 Å². The molecule has 176 valence electrons. The average molecular weight is 517 g/mol. The summed E-state index contributed by atoms with van der Waals surface area (Å²) < 4.78 is 23.4. The molecule has 2 aromatic carbocycles. The number of carbonyl (C=O) groups is 1. The van der Waals surface area contributed by atoms with Crippen LogP contribution in [0.25, 0.3) is 0 Å². The molecule has 0 bridgehead atoms. The number of primary sulfonamides is 1. The number of carbonyl (C=O) groups excluding carboxylic acids is 1. The van der Waals surface area contributed by atoms with E-state index in [1.807, 2.05) is 13.8 Å².